The van der Waals surface area contributed by atoms with Crippen molar-refractivity contribution >= 4 is 21.7 Å². The number of ether oxygens (including phenoxy) is 1. The highest BCUT2D eigenvalue weighted by Gasteiger charge is 2.28. The maximum Gasteiger partial charge on any atom is 0.192 e. The lowest BCUT2D eigenvalue weighted by Crippen LogP contribution is -2.29. The van der Waals surface area contributed by atoms with E-state index in [0.717, 1.165) is 5.56 Å². The van der Waals surface area contributed by atoms with Gasteiger partial charge in [-0.05, 0) is 52.7 Å². The molecule has 2 rings (SSSR count). The lowest BCUT2D eigenvalue weighted by molar-refractivity contribution is -0.111. The summed E-state index contributed by atoms with van der Waals surface area (Å²) in [5, 5.41) is 0. The average Bonchev–Trinajstić information content (AvgIpc) is 2.49. The minimum Gasteiger partial charge on any atom is -0.370 e. The van der Waals surface area contributed by atoms with E-state index in [-0.39, 0.29) is 5.78 Å². The van der Waals surface area contributed by atoms with E-state index in [1.165, 1.54) is 6.08 Å². The Labute approximate surface area is 127 Å². The van der Waals surface area contributed by atoms with Gasteiger partial charge in [-0.1, -0.05) is 30.0 Å². The minimum atomic E-state index is -0.544. The molecule has 0 heterocycles. The SMILES string of the molecule is COC1(CCC#Cc2ccccc2)C=CC(=O)C(Br)=C1. The van der Waals surface area contributed by atoms with Gasteiger partial charge in [0.25, 0.3) is 0 Å². The van der Waals surface area contributed by atoms with Gasteiger partial charge in [0.2, 0.25) is 0 Å². The van der Waals surface area contributed by atoms with Gasteiger partial charge in [-0.15, -0.1) is 0 Å². The van der Waals surface area contributed by atoms with Crippen LogP contribution in [-0.2, 0) is 9.53 Å². The zero-order valence-corrected chi connectivity index (χ0v) is 12.8. The Morgan fingerprint density at radius 3 is 2.70 bits per heavy atom. The monoisotopic (exact) mass is 330 g/mol. The number of hydrogen-bond donors (Lipinski definition) is 0. The first-order valence-corrected chi connectivity index (χ1v) is 7.15. The normalized spacial score (nSPS) is 21.1. The predicted octanol–water partition coefficient (Wildman–Crippen LogP) is 3.62. The average molecular weight is 331 g/mol. The summed E-state index contributed by atoms with van der Waals surface area (Å²) in [5.74, 6) is 6.22. The number of allylic oxidation sites excluding steroid dienone is 2. The Kier molecular flexibility index (Phi) is 4.94. The molecular formula is C17H15BrO2. The van der Waals surface area contributed by atoms with Crippen molar-refractivity contribution in [2.75, 3.05) is 7.11 Å². The summed E-state index contributed by atoms with van der Waals surface area (Å²) in [6, 6.07) is 9.87. The van der Waals surface area contributed by atoms with E-state index in [2.05, 4.69) is 27.8 Å². The van der Waals surface area contributed by atoms with Crippen LogP contribution in [0.3, 0.4) is 0 Å². The molecule has 0 bridgehead atoms. The van der Waals surface area contributed by atoms with Crippen LogP contribution in [0.1, 0.15) is 18.4 Å². The number of carbonyl (C=O) groups excluding carboxylic acids is 1. The van der Waals surface area contributed by atoms with Crippen molar-refractivity contribution < 1.29 is 9.53 Å². The fourth-order valence-electron chi connectivity index (χ4n) is 1.96. The molecule has 1 aliphatic carbocycles. The van der Waals surface area contributed by atoms with Gasteiger partial charge in [0.15, 0.2) is 5.78 Å². The Morgan fingerprint density at radius 2 is 2.05 bits per heavy atom. The first kappa shape index (κ1) is 14.8. The van der Waals surface area contributed by atoms with Gasteiger partial charge in [0.1, 0.15) is 5.60 Å². The van der Waals surface area contributed by atoms with Crippen LogP contribution in [0.15, 0.2) is 53.0 Å². The minimum absolute atomic E-state index is 0.0342. The van der Waals surface area contributed by atoms with Gasteiger partial charge in [0.05, 0.1) is 4.48 Å². The largest absolute Gasteiger partial charge is 0.370 e. The van der Waals surface area contributed by atoms with E-state index >= 15 is 0 Å². The lowest BCUT2D eigenvalue weighted by atomic mass is 9.92. The third-order valence-corrected chi connectivity index (χ3v) is 3.77. The van der Waals surface area contributed by atoms with Gasteiger partial charge in [-0.25, -0.2) is 0 Å². The van der Waals surface area contributed by atoms with Crippen LogP contribution in [0, 0.1) is 11.8 Å². The summed E-state index contributed by atoms with van der Waals surface area (Å²) in [6.45, 7) is 0. The third kappa shape index (κ3) is 3.69. The van der Waals surface area contributed by atoms with Gasteiger partial charge in [0, 0.05) is 19.1 Å². The zero-order valence-electron chi connectivity index (χ0n) is 11.2. The first-order valence-electron chi connectivity index (χ1n) is 6.36. The van der Waals surface area contributed by atoms with Crippen LogP contribution >= 0.6 is 15.9 Å². The molecule has 1 aromatic carbocycles. The van der Waals surface area contributed by atoms with Crippen LogP contribution in [-0.4, -0.2) is 18.5 Å². The van der Waals surface area contributed by atoms with Gasteiger partial charge in [-0.3, -0.25) is 4.79 Å². The Balaban J connectivity index is 2.01. The van der Waals surface area contributed by atoms with Gasteiger partial charge in [-0.2, -0.15) is 0 Å². The second-order valence-corrected chi connectivity index (χ2v) is 5.37. The van der Waals surface area contributed by atoms with Crippen molar-refractivity contribution in [2.45, 2.75) is 18.4 Å². The topological polar surface area (TPSA) is 26.3 Å². The molecule has 0 radical (unpaired) electrons. The molecule has 0 N–H and O–H groups in total. The fraction of sp³-hybridized carbons (Fsp3) is 0.235. The molecule has 0 amide bonds. The summed E-state index contributed by atoms with van der Waals surface area (Å²) >= 11 is 3.26. The van der Waals surface area contributed by atoms with Gasteiger partial charge < -0.3 is 4.74 Å². The summed E-state index contributed by atoms with van der Waals surface area (Å²) in [7, 11) is 1.64. The van der Waals surface area contributed by atoms with Crippen molar-refractivity contribution in [1.82, 2.24) is 0 Å². The molecule has 0 saturated heterocycles. The Bertz CT molecular complexity index is 605. The summed E-state index contributed by atoms with van der Waals surface area (Å²) in [4.78, 5) is 11.4. The number of ketones is 1. The maximum absolute atomic E-state index is 11.4. The number of benzene rings is 1. The smallest absolute Gasteiger partial charge is 0.192 e. The van der Waals surface area contributed by atoms with Crippen LogP contribution in [0.25, 0.3) is 0 Å². The van der Waals surface area contributed by atoms with Crippen molar-refractivity contribution in [2.24, 2.45) is 0 Å². The summed E-state index contributed by atoms with van der Waals surface area (Å²) in [5.41, 5.74) is 0.461. The maximum atomic E-state index is 11.4. The number of carbonyl (C=O) groups is 1. The molecule has 1 aliphatic rings. The highest BCUT2D eigenvalue weighted by atomic mass is 79.9. The van der Waals surface area contributed by atoms with Crippen LogP contribution in [0.5, 0.6) is 0 Å². The molecule has 0 aliphatic heterocycles. The van der Waals surface area contributed by atoms with Crippen LogP contribution in [0.2, 0.25) is 0 Å². The number of halogens is 1. The molecule has 1 atom stereocenters. The molecule has 20 heavy (non-hydrogen) atoms. The van der Waals surface area contributed by atoms with E-state index in [9.17, 15) is 4.79 Å². The molecular weight excluding hydrogens is 316 g/mol. The van der Waals surface area contributed by atoms with Gasteiger partial charge >= 0.3 is 0 Å². The van der Waals surface area contributed by atoms with Crippen molar-refractivity contribution in [1.29, 1.82) is 0 Å². The predicted molar refractivity (Wildman–Crippen MR) is 83.5 cm³/mol. The van der Waals surface area contributed by atoms with Crippen LogP contribution in [0.4, 0.5) is 0 Å². The standard InChI is InChI=1S/C17H15BrO2/c1-20-17(12-10-16(19)15(18)13-17)11-6-5-9-14-7-3-2-4-8-14/h2-4,7-8,10,12-13H,6,11H2,1H3. The van der Waals surface area contributed by atoms with Crippen LogP contribution < -0.4 is 0 Å². The third-order valence-electron chi connectivity index (χ3n) is 3.15. The number of hydrogen-bond acceptors (Lipinski definition) is 2. The fourth-order valence-corrected chi connectivity index (χ4v) is 2.48. The molecule has 0 spiro atoms. The van der Waals surface area contributed by atoms with Crippen molar-refractivity contribution in [3.05, 3.63) is 58.6 Å². The molecule has 0 fully saturated rings. The van der Waals surface area contributed by atoms with E-state index in [1.807, 2.05) is 30.3 Å². The van der Waals surface area contributed by atoms with E-state index < -0.39 is 5.60 Å². The second-order valence-electron chi connectivity index (χ2n) is 4.52. The molecule has 102 valence electrons. The summed E-state index contributed by atoms with van der Waals surface area (Å²) in [6.07, 6.45) is 6.54. The Hall–Kier alpha value is -1.63. The van der Waals surface area contributed by atoms with E-state index in [4.69, 9.17) is 4.74 Å². The zero-order chi connectivity index (χ0) is 14.4. The van der Waals surface area contributed by atoms with Crippen molar-refractivity contribution in [3.8, 4) is 11.8 Å². The number of rotatable bonds is 3. The Morgan fingerprint density at radius 1 is 1.30 bits per heavy atom. The molecule has 3 heteroatoms. The second kappa shape index (κ2) is 6.69. The molecule has 2 nitrogen and oxygen atoms in total. The highest BCUT2D eigenvalue weighted by Crippen LogP contribution is 2.28. The lowest BCUT2D eigenvalue weighted by Gasteiger charge is -2.27. The van der Waals surface area contributed by atoms with Crippen molar-refractivity contribution in [3.63, 3.8) is 0 Å². The quantitative estimate of drug-likeness (QED) is 0.791. The summed E-state index contributed by atoms with van der Waals surface area (Å²) < 4.78 is 6.08. The molecule has 1 unspecified atom stereocenters. The molecule has 0 aromatic heterocycles. The molecule has 0 saturated carbocycles. The highest BCUT2D eigenvalue weighted by molar-refractivity contribution is 9.12. The number of methoxy groups -OCH3 is 1. The van der Waals surface area contributed by atoms with E-state index in [1.54, 1.807) is 19.3 Å². The first-order chi connectivity index (χ1) is 9.65. The molecule has 1 aromatic rings. The van der Waals surface area contributed by atoms with E-state index in [0.29, 0.717) is 17.3 Å².